The van der Waals surface area contributed by atoms with Gasteiger partial charge in [0.2, 0.25) is 0 Å². The molecule has 4 rings (SSSR count). The molecule has 4 nitrogen and oxygen atoms in total. The van der Waals surface area contributed by atoms with Crippen LogP contribution in [0.15, 0.2) is 42.7 Å². The summed E-state index contributed by atoms with van der Waals surface area (Å²) in [6, 6.07) is 10.0. The number of amides is 1. The molecule has 1 aliphatic heterocycles. The fraction of sp³-hybridized carbons (Fsp3) is 0.370. The number of benzene rings is 2. The van der Waals surface area contributed by atoms with Gasteiger partial charge in [-0.25, -0.2) is 0 Å². The zero-order valence-corrected chi connectivity index (χ0v) is 21.1. The maximum absolute atomic E-state index is 13.4. The molecule has 1 aliphatic rings. The Bertz CT molecular complexity index is 1260. The lowest BCUT2D eigenvalue weighted by Crippen LogP contribution is -2.43. The van der Waals surface area contributed by atoms with Gasteiger partial charge < -0.3 is 14.6 Å². The van der Waals surface area contributed by atoms with E-state index in [1.165, 1.54) is 22.0 Å². The van der Waals surface area contributed by atoms with Crippen LogP contribution in [0.2, 0.25) is 10.0 Å². The first-order valence-electron chi connectivity index (χ1n) is 11.3. The summed E-state index contributed by atoms with van der Waals surface area (Å²) in [6.07, 6.45) is 1.22. The molecule has 1 amide bonds. The number of aliphatic hydroxyl groups excluding tert-OH is 1. The van der Waals surface area contributed by atoms with Crippen LogP contribution >= 0.6 is 23.2 Å². The third-order valence-corrected chi connectivity index (χ3v) is 7.79. The number of fused-ring (bicyclic) bond motifs is 1. The van der Waals surface area contributed by atoms with E-state index in [2.05, 4.69) is 43.2 Å². The number of allylic oxidation sites excluding steroid dienone is 1. The standard InChI is InChI=1S/C27H30Cl2N2O2/c1-15-10-16(2)22-12-19(30(5)25(22)11-15)13-23-24(28)7-6-21(26(23)29)27(33)31-9-8-20(18(4)32)17(3)14-31/h6-7,10-12,17,20,32H,4,8-9,13-14H2,1-3,5H3/t17-,20-/m1/s1. The first-order valence-corrected chi connectivity index (χ1v) is 12.0. The molecule has 0 bridgehead atoms. The summed E-state index contributed by atoms with van der Waals surface area (Å²) in [5.74, 6) is 0.245. The first kappa shape index (κ1) is 23.7. The van der Waals surface area contributed by atoms with Crippen LogP contribution in [-0.2, 0) is 13.5 Å². The molecule has 6 heteroatoms. The number of aryl methyl sites for hydroxylation is 3. The summed E-state index contributed by atoms with van der Waals surface area (Å²) in [4.78, 5) is 15.2. The van der Waals surface area contributed by atoms with E-state index in [4.69, 9.17) is 23.2 Å². The second kappa shape index (κ2) is 9.08. The number of hydrogen-bond acceptors (Lipinski definition) is 2. The van der Waals surface area contributed by atoms with Gasteiger partial charge in [0.25, 0.3) is 5.91 Å². The molecule has 0 unspecified atom stereocenters. The highest BCUT2D eigenvalue weighted by atomic mass is 35.5. The SMILES string of the molecule is C=C(O)[C@@H]1CCN(C(=O)c2ccc(Cl)c(Cc3cc4c(C)cc(C)cc4n3C)c2Cl)C[C@H]1C. The van der Waals surface area contributed by atoms with Crippen molar-refractivity contribution in [1.29, 1.82) is 0 Å². The molecular formula is C27H30Cl2N2O2. The van der Waals surface area contributed by atoms with Crippen LogP contribution in [0, 0.1) is 25.7 Å². The molecule has 0 radical (unpaired) electrons. The van der Waals surface area contributed by atoms with Crippen LogP contribution in [0.25, 0.3) is 10.9 Å². The number of hydrogen-bond donors (Lipinski definition) is 1. The van der Waals surface area contributed by atoms with Crippen molar-refractivity contribution < 1.29 is 9.90 Å². The summed E-state index contributed by atoms with van der Waals surface area (Å²) < 4.78 is 2.17. The van der Waals surface area contributed by atoms with Crippen LogP contribution in [0.4, 0.5) is 0 Å². The van der Waals surface area contributed by atoms with Crippen molar-refractivity contribution in [2.75, 3.05) is 13.1 Å². The average molecular weight is 485 g/mol. The predicted octanol–water partition coefficient (Wildman–Crippen LogP) is 6.86. The van der Waals surface area contributed by atoms with Crippen molar-refractivity contribution in [3.05, 3.63) is 80.7 Å². The van der Waals surface area contributed by atoms with E-state index in [0.29, 0.717) is 41.5 Å². The predicted molar refractivity (Wildman–Crippen MR) is 137 cm³/mol. The van der Waals surface area contributed by atoms with Crippen LogP contribution in [0.5, 0.6) is 0 Å². The zero-order valence-electron chi connectivity index (χ0n) is 19.6. The lowest BCUT2D eigenvalue weighted by molar-refractivity contribution is 0.0606. The van der Waals surface area contributed by atoms with Crippen molar-refractivity contribution in [2.24, 2.45) is 18.9 Å². The van der Waals surface area contributed by atoms with Crippen molar-refractivity contribution in [1.82, 2.24) is 9.47 Å². The number of piperidine rings is 1. The van der Waals surface area contributed by atoms with Crippen LogP contribution in [0.3, 0.4) is 0 Å². The minimum Gasteiger partial charge on any atom is -0.513 e. The lowest BCUT2D eigenvalue weighted by atomic mass is 9.85. The van der Waals surface area contributed by atoms with Gasteiger partial charge in [0, 0.05) is 54.1 Å². The average Bonchev–Trinajstić information content (AvgIpc) is 3.06. The van der Waals surface area contributed by atoms with Crippen LogP contribution in [0.1, 0.15) is 46.1 Å². The number of likely N-dealkylation sites (tertiary alicyclic amines) is 1. The molecule has 1 fully saturated rings. The second-order valence-corrected chi connectivity index (χ2v) is 10.2. The Morgan fingerprint density at radius 3 is 2.61 bits per heavy atom. The van der Waals surface area contributed by atoms with Gasteiger partial charge in [-0.3, -0.25) is 4.79 Å². The van der Waals surface area contributed by atoms with Gasteiger partial charge >= 0.3 is 0 Å². The van der Waals surface area contributed by atoms with Gasteiger partial charge in [-0.15, -0.1) is 0 Å². The third-order valence-electron chi connectivity index (χ3n) is 7.01. The fourth-order valence-electron chi connectivity index (χ4n) is 5.11. The Kier molecular flexibility index (Phi) is 6.52. The highest BCUT2D eigenvalue weighted by Crippen LogP contribution is 2.34. The Balaban J connectivity index is 1.65. The van der Waals surface area contributed by atoms with E-state index >= 15 is 0 Å². The summed E-state index contributed by atoms with van der Waals surface area (Å²) >= 11 is 13.4. The molecule has 3 aromatic rings. The van der Waals surface area contributed by atoms with Crippen molar-refractivity contribution >= 4 is 40.0 Å². The van der Waals surface area contributed by atoms with Gasteiger partial charge in [-0.2, -0.15) is 0 Å². The van der Waals surface area contributed by atoms with E-state index in [-0.39, 0.29) is 23.5 Å². The monoisotopic (exact) mass is 484 g/mol. The molecule has 0 saturated carbocycles. The van der Waals surface area contributed by atoms with E-state index in [1.807, 2.05) is 18.9 Å². The number of nitrogens with zero attached hydrogens (tertiary/aromatic N) is 2. The smallest absolute Gasteiger partial charge is 0.255 e. The maximum atomic E-state index is 13.4. The summed E-state index contributed by atoms with van der Waals surface area (Å²) in [5.41, 5.74) is 5.94. The minimum atomic E-state index is -0.102. The Morgan fingerprint density at radius 2 is 1.94 bits per heavy atom. The third kappa shape index (κ3) is 4.39. The van der Waals surface area contributed by atoms with Gasteiger partial charge in [-0.1, -0.05) is 42.8 Å². The molecule has 0 spiro atoms. The van der Waals surface area contributed by atoms with Crippen LogP contribution < -0.4 is 0 Å². The van der Waals surface area contributed by atoms with Gasteiger partial charge in [0.15, 0.2) is 0 Å². The summed E-state index contributed by atoms with van der Waals surface area (Å²) in [7, 11) is 2.05. The molecule has 1 saturated heterocycles. The Hall–Kier alpha value is -2.43. The largest absolute Gasteiger partial charge is 0.513 e. The first-order chi connectivity index (χ1) is 15.6. The molecule has 2 aromatic carbocycles. The van der Waals surface area contributed by atoms with Crippen molar-refractivity contribution in [3.63, 3.8) is 0 Å². The highest BCUT2D eigenvalue weighted by Gasteiger charge is 2.32. The molecule has 1 aromatic heterocycles. The van der Waals surface area contributed by atoms with Crippen molar-refractivity contribution in [2.45, 2.75) is 33.6 Å². The van der Waals surface area contributed by atoms with E-state index in [0.717, 1.165) is 11.3 Å². The molecule has 0 aliphatic carbocycles. The number of aromatic nitrogens is 1. The molecule has 1 N–H and O–H groups in total. The number of rotatable bonds is 4. The van der Waals surface area contributed by atoms with Gasteiger partial charge in [0.1, 0.15) is 0 Å². The van der Waals surface area contributed by atoms with Crippen molar-refractivity contribution in [3.8, 4) is 0 Å². The number of carbonyl (C=O) groups excluding carboxylic acids is 1. The zero-order chi connectivity index (χ0) is 24.0. The van der Waals surface area contributed by atoms with Gasteiger partial charge in [-0.05, 0) is 67.1 Å². The topological polar surface area (TPSA) is 45.5 Å². The highest BCUT2D eigenvalue weighted by molar-refractivity contribution is 6.38. The minimum absolute atomic E-state index is 0.0175. The van der Waals surface area contributed by atoms with E-state index in [9.17, 15) is 9.90 Å². The van der Waals surface area contributed by atoms with Crippen LogP contribution in [-0.4, -0.2) is 33.6 Å². The molecular weight excluding hydrogens is 455 g/mol. The molecule has 33 heavy (non-hydrogen) atoms. The van der Waals surface area contributed by atoms with Gasteiger partial charge in [0.05, 0.1) is 16.3 Å². The Labute approximate surface area is 205 Å². The van der Waals surface area contributed by atoms with E-state index in [1.54, 1.807) is 12.1 Å². The molecule has 174 valence electrons. The molecule has 2 atom stereocenters. The number of carbonyl (C=O) groups is 1. The normalized spacial score (nSPS) is 18.7. The lowest BCUT2D eigenvalue weighted by Gasteiger charge is -2.36. The second-order valence-electron chi connectivity index (χ2n) is 9.39. The summed E-state index contributed by atoms with van der Waals surface area (Å²) in [6.45, 7) is 11.0. The number of aliphatic hydroxyl groups is 1. The quantitative estimate of drug-likeness (QED) is 0.410. The summed E-state index contributed by atoms with van der Waals surface area (Å²) in [5, 5.41) is 12.0. The maximum Gasteiger partial charge on any atom is 0.255 e. The molecule has 2 heterocycles. The number of halogens is 2. The Morgan fingerprint density at radius 1 is 1.21 bits per heavy atom. The van der Waals surface area contributed by atoms with E-state index < -0.39 is 0 Å². The fourth-order valence-corrected chi connectivity index (χ4v) is 5.70.